The standard InChI is InChI=1S/C14H14BFN4O2/c1-22-11-3-8(15)2-10-12(11)7(6-21)5-20(10)13-9(16)4-18-14(17)19-13/h2-5,21H,6,15H2,1H3,(H2,17,18,19). The van der Waals surface area contributed by atoms with E-state index in [-0.39, 0.29) is 18.4 Å². The van der Waals surface area contributed by atoms with Crippen LogP contribution in [0.2, 0.25) is 0 Å². The summed E-state index contributed by atoms with van der Waals surface area (Å²) in [5.74, 6) is 0.0181. The number of aliphatic hydroxyl groups excluding tert-OH is 1. The van der Waals surface area contributed by atoms with Gasteiger partial charge in [0, 0.05) is 17.1 Å². The second-order valence-corrected chi connectivity index (χ2v) is 4.94. The van der Waals surface area contributed by atoms with Gasteiger partial charge in [0.2, 0.25) is 5.95 Å². The Hall–Kier alpha value is -2.61. The molecule has 0 saturated carbocycles. The fourth-order valence-corrected chi connectivity index (χ4v) is 2.53. The third-order valence-electron chi connectivity index (χ3n) is 3.45. The number of hydrogen-bond acceptors (Lipinski definition) is 5. The molecule has 0 aliphatic rings. The predicted octanol–water partition coefficient (Wildman–Crippen LogP) is -0.0989. The van der Waals surface area contributed by atoms with E-state index in [0.29, 0.717) is 22.2 Å². The minimum atomic E-state index is -0.601. The molecule has 0 fully saturated rings. The van der Waals surface area contributed by atoms with Crippen LogP contribution in [0.5, 0.6) is 5.75 Å². The van der Waals surface area contributed by atoms with Gasteiger partial charge in [0.05, 0.1) is 25.4 Å². The predicted molar refractivity (Wildman–Crippen MR) is 83.9 cm³/mol. The molecule has 3 rings (SSSR count). The largest absolute Gasteiger partial charge is 0.496 e. The monoisotopic (exact) mass is 300 g/mol. The molecule has 2 aromatic heterocycles. The number of aromatic nitrogens is 3. The van der Waals surface area contributed by atoms with Crippen LogP contribution >= 0.6 is 0 Å². The highest BCUT2D eigenvalue weighted by atomic mass is 19.1. The molecule has 0 spiro atoms. The van der Waals surface area contributed by atoms with Crippen molar-refractivity contribution in [3.8, 4) is 11.6 Å². The van der Waals surface area contributed by atoms with Crippen LogP contribution in [-0.4, -0.2) is 34.6 Å². The number of ether oxygens (including phenoxy) is 1. The molecule has 1 aromatic carbocycles. The second kappa shape index (κ2) is 5.30. The summed E-state index contributed by atoms with van der Waals surface area (Å²) in [7, 11) is 3.46. The zero-order valence-corrected chi connectivity index (χ0v) is 12.2. The van der Waals surface area contributed by atoms with Gasteiger partial charge in [-0.15, -0.1) is 0 Å². The Morgan fingerprint density at radius 3 is 2.91 bits per heavy atom. The van der Waals surface area contributed by atoms with Crippen LogP contribution in [-0.2, 0) is 6.61 Å². The molecule has 8 heteroatoms. The van der Waals surface area contributed by atoms with E-state index in [9.17, 15) is 9.50 Å². The van der Waals surface area contributed by atoms with E-state index in [0.717, 1.165) is 11.7 Å². The van der Waals surface area contributed by atoms with Crippen LogP contribution in [0, 0.1) is 5.82 Å². The molecule has 0 atom stereocenters. The quantitative estimate of drug-likeness (QED) is 0.660. The Bertz CT molecular complexity index is 866. The van der Waals surface area contributed by atoms with Gasteiger partial charge >= 0.3 is 0 Å². The van der Waals surface area contributed by atoms with Crippen molar-refractivity contribution in [1.82, 2.24) is 14.5 Å². The van der Waals surface area contributed by atoms with E-state index >= 15 is 0 Å². The fourth-order valence-electron chi connectivity index (χ4n) is 2.53. The first kappa shape index (κ1) is 14.3. The van der Waals surface area contributed by atoms with Gasteiger partial charge in [0.15, 0.2) is 11.6 Å². The molecule has 112 valence electrons. The molecular formula is C14H14BFN4O2. The van der Waals surface area contributed by atoms with Crippen molar-refractivity contribution in [2.45, 2.75) is 6.61 Å². The van der Waals surface area contributed by atoms with E-state index in [1.165, 1.54) is 0 Å². The highest BCUT2D eigenvalue weighted by molar-refractivity contribution is 6.33. The molecule has 0 amide bonds. The second-order valence-electron chi connectivity index (χ2n) is 4.94. The Balaban J connectivity index is 2.40. The minimum Gasteiger partial charge on any atom is -0.496 e. The number of methoxy groups -OCH3 is 1. The summed E-state index contributed by atoms with van der Waals surface area (Å²) in [5.41, 5.74) is 7.79. The van der Waals surface area contributed by atoms with Gasteiger partial charge in [-0.3, -0.25) is 4.57 Å². The van der Waals surface area contributed by atoms with Crippen molar-refractivity contribution in [1.29, 1.82) is 0 Å². The van der Waals surface area contributed by atoms with E-state index in [4.69, 9.17) is 10.5 Å². The number of fused-ring (bicyclic) bond motifs is 1. The van der Waals surface area contributed by atoms with Crippen LogP contribution < -0.4 is 15.9 Å². The van der Waals surface area contributed by atoms with Gasteiger partial charge in [0.25, 0.3) is 0 Å². The van der Waals surface area contributed by atoms with Gasteiger partial charge in [-0.1, -0.05) is 5.46 Å². The summed E-state index contributed by atoms with van der Waals surface area (Å²) >= 11 is 0. The molecule has 2 heterocycles. The molecule has 3 N–H and O–H groups in total. The normalized spacial score (nSPS) is 11.0. The molecule has 0 aliphatic heterocycles. The molecule has 3 aromatic rings. The SMILES string of the molecule is Bc1cc(OC)c2c(CO)cn(-c3nc(N)ncc3F)c2c1. The Kier molecular flexibility index (Phi) is 3.46. The number of nitrogens with two attached hydrogens (primary N) is 1. The zero-order valence-electron chi connectivity index (χ0n) is 12.2. The molecule has 0 radical (unpaired) electrons. The van der Waals surface area contributed by atoms with Crippen molar-refractivity contribution >= 4 is 30.2 Å². The molecule has 6 nitrogen and oxygen atoms in total. The van der Waals surface area contributed by atoms with Crippen LogP contribution in [0.4, 0.5) is 10.3 Å². The molecular weight excluding hydrogens is 286 g/mol. The smallest absolute Gasteiger partial charge is 0.222 e. The van der Waals surface area contributed by atoms with Gasteiger partial charge < -0.3 is 15.6 Å². The first-order valence-corrected chi connectivity index (χ1v) is 6.63. The van der Waals surface area contributed by atoms with Crippen molar-refractivity contribution < 1.29 is 14.2 Å². The number of halogens is 1. The molecule has 22 heavy (non-hydrogen) atoms. The first-order valence-electron chi connectivity index (χ1n) is 6.63. The van der Waals surface area contributed by atoms with Crippen molar-refractivity contribution in [3.63, 3.8) is 0 Å². The maximum Gasteiger partial charge on any atom is 0.222 e. The maximum absolute atomic E-state index is 14.1. The number of rotatable bonds is 3. The van der Waals surface area contributed by atoms with Gasteiger partial charge in [-0.25, -0.2) is 9.37 Å². The lowest BCUT2D eigenvalue weighted by molar-refractivity contribution is 0.283. The van der Waals surface area contributed by atoms with Crippen LogP contribution in [0.1, 0.15) is 5.56 Å². The number of aliphatic hydroxyl groups is 1. The number of hydrogen-bond donors (Lipinski definition) is 2. The summed E-state index contributed by atoms with van der Waals surface area (Å²) in [5, 5.41) is 10.3. The summed E-state index contributed by atoms with van der Waals surface area (Å²) in [6.45, 7) is -0.203. The zero-order chi connectivity index (χ0) is 15.9. The topological polar surface area (TPSA) is 86.2 Å². The average molecular weight is 300 g/mol. The van der Waals surface area contributed by atoms with E-state index in [2.05, 4.69) is 9.97 Å². The van der Waals surface area contributed by atoms with Crippen molar-refractivity contribution in [2.75, 3.05) is 12.8 Å². The Morgan fingerprint density at radius 2 is 2.23 bits per heavy atom. The molecule has 0 bridgehead atoms. The summed E-state index contributed by atoms with van der Waals surface area (Å²) in [4.78, 5) is 7.59. The van der Waals surface area contributed by atoms with E-state index in [1.807, 2.05) is 20.0 Å². The molecule has 0 unspecified atom stereocenters. The summed E-state index contributed by atoms with van der Waals surface area (Å²) in [6.07, 6.45) is 2.65. The molecule has 0 aliphatic carbocycles. The highest BCUT2D eigenvalue weighted by Gasteiger charge is 2.17. The van der Waals surface area contributed by atoms with E-state index < -0.39 is 5.82 Å². The first-order chi connectivity index (χ1) is 10.5. The van der Waals surface area contributed by atoms with Gasteiger partial charge in [-0.05, 0) is 12.1 Å². The lowest BCUT2D eigenvalue weighted by atomic mass is 9.94. The maximum atomic E-state index is 14.1. The Labute approximate surface area is 126 Å². The van der Waals surface area contributed by atoms with Crippen LogP contribution in [0.25, 0.3) is 16.7 Å². The van der Waals surface area contributed by atoms with E-state index in [1.54, 1.807) is 17.9 Å². The molecule has 0 saturated heterocycles. The van der Waals surface area contributed by atoms with Crippen molar-refractivity contribution in [2.24, 2.45) is 0 Å². The van der Waals surface area contributed by atoms with Gasteiger partial charge in [-0.2, -0.15) is 4.98 Å². The lowest BCUT2D eigenvalue weighted by Crippen LogP contribution is -2.07. The van der Waals surface area contributed by atoms with Crippen molar-refractivity contribution in [3.05, 3.63) is 35.9 Å². The van der Waals surface area contributed by atoms with Gasteiger partial charge in [0.1, 0.15) is 13.6 Å². The summed E-state index contributed by atoms with van der Waals surface area (Å²) in [6, 6.07) is 3.73. The number of nitrogen functional groups attached to an aromatic ring is 1. The third kappa shape index (κ3) is 2.17. The third-order valence-corrected chi connectivity index (χ3v) is 3.45. The highest BCUT2D eigenvalue weighted by Crippen LogP contribution is 2.32. The van der Waals surface area contributed by atoms with Crippen LogP contribution in [0.15, 0.2) is 24.5 Å². The average Bonchev–Trinajstić information content (AvgIpc) is 2.87. The fraction of sp³-hybridized carbons (Fsp3) is 0.143. The van der Waals surface area contributed by atoms with Crippen LogP contribution in [0.3, 0.4) is 0 Å². The number of anilines is 1. The number of nitrogens with zero attached hydrogens (tertiary/aromatic N) is 3. The summed E-state index contributed by atoms with van der Waals surface area (Å²) < 4.78 is 21.0. The lowest BCUT2D eigenvalue weighted by Gasteiger charge is -2.09. The Morgan fingerprint density at radius 1 is 1.45 bits per heavy atom. The number of benzene rings is 1. The minimum absolute atomic E-state index is 0.0246.